The lowest BCUT2D eigenvalue weighted by Crippen LogP contribution is -2.54. The molecule has 0 bridgehead atoms. The molecule has 1 fully saturated rings. The Bertz CT molecular complexity index is 1490. The van der Waals surface area contributed by atoms with Crippen molar-refractivity contribution in [1.29, 1.82) is 0 Å². The predicted molar refractivity (Wildman–Crippen MR) is 150 cm³/mol. The number of carbonyl (C=O) groups excluding carboxylic acids is 1. The third-order valence-corrected chi connectivity index (χ3v) is 8.73. The Balaban J connectivity index is 1.32. The predicted octanol–water partition coefficient (Wildman–Crippen LogP) is 4.37. The molecule has 2 aliphatic rings. The molecule has 8 nitrogen and oxygen atoms in total. The van der Waals surface area contributed by atoms with Crippen molar-refractivity contribution in [3.8, 4) is 11.1 Å². The summed E-state index contributed by atoms with van der Waals surface area (Å²) < 4.78 is 3.02. The topological polar surface area (TPSA) is 84.6 Å². The summed E-state index contributed by atoms with van der Waals surface area (Å²) in [6.45, 7) is 4.88. The van der Waals surface area contributed by atoms with Gasteiger partial charge in [-0.05, 0) is 52.4 Å². The first kappa shape index (κ1) is 24.8. The van der Waals surface area contributed by atoms with E-state index in [0.29, 0.717) is 34.3 Å². The van der Waals surface area contributed by atoms with E-state index in [-0.39, 0.29) is 11.9 Å². The van der Waals surface area contributed by atoms with Crippen molar-refractivity contribution in [3.63, 3.8) is 0 Å². The maximum absolute atomic E-state index is 13.7. The van der Waals surface area contributed by atoms with Crippen LogP contribution in [0.15, 0.2) is 71.6 Å². The average Bonchev–Trinajstić information content (AvgIpc) is 3.38. The fourth-order valence-electron chi connectivity index (χ4n) is 5.17. The van der Waals surface area contributed by atoms with E-state index >= 15 is 0 Å². The van der Waals surface area contributed by atoms with Crippen molar-refractivity contribution in [2.45, 2.75) is 18.0 Å². The van der Waals surface area contributed by atoms with Crippen LogP contribution < -0.4 is 5.73 Å². The molecule has 6 rings (SSSR count). The number of aromatic nitrogens is 2. The second kappa shape index (κ2) is 9.99. The van der Waals surface area contributed by atoms with Crippen LogP contribution in [-0.4, -0.2) is 70.1 Å². The van der Waals surface area contributed by atoms with Gasteiger partial charge < -0.3 is 10.6 Å². The summed E-state index contributed by atoms with van der Waals surface area (Å²) in [5.74, 6) is -0.0272. The summed E-state index contributed by atoms with van der Waals surface area (Å²) in [5.41, 5.74) is 11.5. The van der Waals surface area contributed by atoms with Gasteiger partial charge in [0.2, 0.25) is 5.95 Å². The van der Waals surface area contributed by atoms with Crippen molar-refractivity contribution < 1.29 is 14.3 Å². The Morgan fingerprint density at radius 3 is 2.37 bits per heavy atom. The zero-order valence-electron chi connectivity index (χ0n) is 21.6. The molecule has 3 aromatic carbocycles. The summed E-state index contributed by atoms with van der Waals surface area (Å²) >= 11 is 1.77. The Morgan fingerprint density at radius 2 is 1.66 bits per heavy atom. The van der Waals surface area contributed by atoms with E-state index in [4.69, 9.17) is 10.6 Å². The number of carbonyl (C=O) groups is 1. The Hall–Kier alpha value is -3.50. The lowest BCUT2D eigenvalue weighted by Gasteiger charge is -2.38. The number of nitrogens with two attached hydrogens (primary N) is 1. The molecule has 9 heteroatoms. The maximum atomic E-state index is 13.7. The lowest BCUT2D eigenvalue weighted by molar-refractivity contribution is -1.09. The van der Waals surface area contributed by atoms with Crippen LogP contribution >= 0.6 is 11.9 Å². The molecule has 0 spiro atoms. The van der Waals surface area contributed by atoms with Crippen LogP contribution in [0.3, 0.4) is 0 Å². The van der Waals surface area contributed by atoms with Gasteiger partial charge in [0.25, 0.3) is 5.91 Å². The smallest absolute Gasteiger partial charge is 0.273 e. The largest absolute Gasteiger partial charge is 0.368 e. The fourth-order valence-corrected chi connectivity index (χ4v) is 6.22. The first-order valence-corrected chi connectivity index (χ1v) is 13.6. The van der Waals surface area contributed by atoms with Crippen LogP contribution in [0.4, 0.5) is 5.95 Å². The number of hydrogen-bond donors (Lipinski definition) is 1. The zero-order valence-corrected chi connectivity index (χ0v) is 22.4. The number of hydroxylamine groups is 3. The van der Waals surface area contributed by atoms with Crippen LogP contribution in [0.25, 0.3) is 22.0 Å². The van der Waals surface area contributed by atoms with Crippen molar-refractivity contribution in [1.82, 2.24) is 19.2 Å². The second-order valence-corrected chi connectivity index (χ2v) is 11.2. The molecule has 0 radical (unpaired) electrons. The highest BCUT2D eigenvalue weighted by Gasteiger charge is 2.30. The summed E-state index contributed by atoms with van der Waals surface area (Å²) in [6, 6.07) is 22.5. The molecule has 0 aliphatic carbocycles. The van der Waals surface area contributed by atoms with E-state index in [1.54, 1.807) is 19.1 Å². The molecular formula is C29H31N6O2S+. The van der Waals surface area contributed by atoms with Gasteiger partial charge in [-0.3, -0.25) is 4.79 Å². The molecule has 194 valence electrons. The van der Waals surface area contributed by atoms with E-state index in [1.165, 1.54) is 16.0 Å². The number of likely N-dealkylation sites (N-methyl/N-ethyl adjacent to an activating group) is 1. The van der Waals surface area contributed by atoms with Crippen molar-refractivity contribution >= 4 is 34.7 Å². The van der Waals surface area contributed by atoms with Crippen molar-refractivity contribution in [2.24, 2.45) is 0 Å². The van der Waals surface area contributed by atoms with Crippen LogP contribution in [0, 0.1) is 0 Å². The van der Waals surface area contributed by atoms with Gasteiger partial charge in [0.15, 0.2) is 0 Å². The molecule has 3 heterocycles. The molecule has 2 aliphatic heterocycles. The number of anilines is 1. The van der Waals surface area contributed by atoms with Gasteiger partial charge in [-0.25, -0.2) is 19.1 Å². The summed E-state index contributed by atoms with van der Waals surface area (Å²) in [4.78, 5) is 31.2. The van der Waals surface area contributed by atoms with Crippen molar-refractivity contribution in [2.75, 3.05) is 46.1 Å². The monoisotopic (exact) mass is 527 g/mol. The number of nitrogen functional groups attached to an aromatic ring is 1. The first-order chi connectivity index (χ1) is 18.4. The van der Waals surface area contributed by atoms with Crippen LogP contribution in [0.5, 0.6) is 0 Å². The summed E-state index contributed by atoms with van der Waals surface area (Å²) in [7, 11) is 3.90. The minimum Gasteiger partial charge on any atom is -0.368 e. The molecular weight excluding hydrogens is 496 g/mol. The average molecular weight is 528 g/mol. The first-order valence-electron chi connectivity index (χ1n) is 12.8. The highest BCUT2D eigenvalue weighted by Crippen LogP contribution is 2.36. The number of amides is 1. The van der Waals surface area contributed by atoms with Gasteiger partial charge in [-0.1, -0.05) is 48.5 Å². The number of fused-ring (bicyclic) bond motifs is 2. The molecule has 0 atom stereocenters. The fraction of sp³-hybridized carbons (Fsp3) is 0.276. The number of rotatable bonds is 5. The molecule has 2 N–H and O–H groups in total. The quantitative estimate of drug-likeness (QED) is 0.305. The van der Waals surface area contributed by atoms with Gasteiger partial charge in [-0.15, -0.1) is 0 Å². The van der Waals surface area contributed by atoms with Gasteiger partial charge in [-0.2, -0.15) is 4.65 Å². The van der Waals surface area contributed by atoms with E-state index in [0.717, 1.165) is 37.3 Å². The third kappa shape index (κ3) is 4.74. The van der Waals surface area contributed by atoms with E-state index in [1.807, 2.05) is 41.3 Å². The second-order valence-electron chi connectivity index (χ2n) is 10.0. The number of piperazine rings is 1. The Morgan fingerprint density at radius 1 is 0.974 bits per heavy atom. The number of nitrogens with zero attached hydrogens (tertiary/aromatic N) is 5. The molecule has 1 aromatic heterocycles. The molecule has 1 saturated heterocycles. The maximum Gasteiger partial charge on any atom is 0.273 e. The molecule has 0 saturated carbocycles. The van der Waals surface area contributed by atoms with Gasteiger partial charge in [0.1, 0.15) is 18.8 Å². The number of benzene rings is 3. The highest BCUT2D eigenvalue weighted by molar-refractivity contribution is 7.97. The molecule has 1 amide bonds. The normalized spacial score (nSPS) is 17.1. The summed E-state index contributed by atoms with van der Waals surface area (Å²) in [5, 5.41) is 0.712. The van der Waals surface area contributed by atoms with Crippen molar-refractivity contribution in [3.05, 3.63) is 83.6 Å². The lowest BCUT2D eigenvalue weighted by atomic mass is 10.0. The Kier molecular flexibility index (Phi) is 6.53. The van der Waals surface area contributed by atoms with Gasteiger partial charge in [0.05, 0.1) is 32.8 Å². The van der Waals surface area contributed by atoms with E-state index in [9.17, 15) is 4.79 Å². The SMILES string of the molecule is CO[N+]1(C)CCN(Sc2ccccc2-c2ccc3nc(N)nc(C(=O)N4Cc5ccccc5C4)c3c2)CC1. The highest BCUT2D eigenvalue weighted by atomic mass is 32.2. The minimum absolute atomic E-state index is 0.104. The van der Waals surface area contributed by atoms with Crippen LogP contribution in [0.1, 0.15) is 21.6 Å². The third-order valence-electron chi connectivity index (χ3n) is 7.55. The zero-order chi connectivity index (χ0) is 26.3. The van der Waals surface area contributed by atoms with E-state index < -0.39 is 0 Å². The Labute approximate surface area is 226 Å². The van der Waals surface area contributed by atoms with Crippen LogP contribution in [0.2, 0.25) is 0 Å². The minimum atomic E-state index is -0.132. The molecule has 38 heavy (non-hydrogen) atoms. The van der Waals surface area contributed by atoms with Gasteiger partial charge in [0, 0.05) is 23.4 Å². The molecule has 4 aromatic rings. The van der Waals surface area contributed by atoms with E-state index in [2.05, 4.69) is 51.7 Å². The standard InChI is InChI=1S/C29H31N6O2S/c1-35(37-2)15-13-34(14-16-35)38-26-10-6-5-9-23(26)20-11-12-25-24(17-20)27(32-29(30)31-25)28(36)33-18-21-7-3-4-8-22(21)19-33/h3-12,17H,13-16,18-19H2,1-2H3,(H2,30,31,32)/q+1. The number of quaternary nitrogens is 1. The van der Waals surface area contributed by atoms with Gasteiger partial charge >= 0.3 is 0 Å². The number of hydrogen-bond acceptors (Lipinski definition) is 7. The molecule has 0 unspecified atom stereocenters. The summed E-state index contributed by atoms with van der Waals surface area (Å²) in [6.07, 6.45) is 0. The van der Waals surface area contributed by atoms with Crippen LogP contribution in [-0.2, 0) is 17.9 Å².